The van der Waals surface area contributed by atoms with Crippen LogP contribution in [0.3, 0.4) is 0 Å². The van der Waals surface area contributed by atoms with Crippen molar-refractivity contribution in [2.24, 2.45) is 16.5 Å². The predicted octanol–water partition coefficient (Wildman–Crippen LogP) is 4.68. The summed E-state index contributed by atoms with van der Waals surface area (Å²) in [4.78, 5) is 27.2. The number of guanidine groups is 1. The molecule has 2 aromatic rings. The lowest BCUT2D eigenvalue weighted by molar-refractivity contribution is 0.100. The monoisotopic (exact) mass is 623 g/mol. The average Bonchev–Trinajstić information content (AvgIpc) is 2.89. The molecule has 2 rings (SSSR count). The van der Waals surface area contributed by atoms with Gasteiger partial charge in [-0.1, -0.05) is 52.0 Å². The first-order valence-electron chi connectivity index (χ1n) is 12.7. The number of aryl methyl sites for hydroxylation is 2. The van der Waals surface area contributed by atoms with Crippen molar-refractivity contribution >= 4 is 48.4 Å². The van der Waals surface area contributed by atoms with Gasteiger partial charge in [-0.05, 0) is 70.7 Å². The van der Waals surface area contributed by atoms with Gasteiger partial charge in [0.05, 0.1) is 9.79 Å². The first kappa shape index (κ1) is 35.7. The van der Waals surface area contributed by atoms with Crippen LogP contribution in [0.4, 0.5) is 0 Å². The molecule has 41 heavy (non-hydrogen) atoms. The molecule has 0 aliphatic heterocycles. The number of hydrogen-bond donors (Lipinski definition) is 2. The molecule has 0 spiro atoms. The van der Waals surface area contributed by atoms with E-state index in [2.05, 4.69) is 18.2 Å². The summed E-state index contributed by atoms with van der Waals surface area (Å²) in [6.07, 6.45) is 6.70. The molecule has 0 aromatic heterocycles. The number of nitrogens with zero attached hydrogens (tertiary/aromatic N) is 1. The summed E-state index contributed by atoms with van der Waals surface area (Å²) in [5.74, 6) is -1.30. The molecule has 0 saturated carbocycles. The smallest absolute Gasteiger partial charge is 0.280 e. The summed E-state index contributed by atoms with van der Waals surface area (Å²) in [6.45, 7) is 14.8. The van der Waals surface area contributed by atoms with Gasteiger partial charge in [0.25, 0.3) is 11.1 Å². The van der Waals surface area contributed by atoms with Crippen LogP contribution < -0.4 is 11.5 Å². The molecule has 0 heterocycles. The summed E-state index contributed by atoms with van der Waals surface area (Å²) in [7, 11) is -6.94. The Morgan fingerprint density at radius 2 is 1.20 bits per heavy atom. The standard InChI is InChI=1S/C15H21N3O3S.C14H17ClO3S/c1-5-9(3)11-7-10(6-2)12(14(19)18-15(16)17)8-13(11)22(4,20)21;1-5-9(3)11-7-10(6-2)12(14(15)16)8-13(11)19(4,17)18/h5,7-9H,1,6H2,2-4H3,(H4,16,17,18,19);5,7-9H,1,6H2,2-4H3. The molecule has 0 radical (unpaired) electrons. The lowest BCUT2D eigenvalue weighted by Gasteiger charge is -2.16. The SMILES string of the molecule is C=CC(C)c1cc(CC)c(C(=O)Cl)cc1S(C)(=O)=O.C=CC(C)c1cc(CC)c(C(=O)N=C(N)N)cc1S(C)(=O)=O. The Morgan fingerprint density at radius 3 is 1.49 bits per heavy atom. The molecule has 0 bridgehead atoms. The predicted molar refractivity (Wildman–Crippen MR) is 165 cm³/mol. The normalized spacial score (nSPS) is 12.8. The second-order valence-electron chi connectivity index (χ2n) is 9.51. The summed E-state index contributed by atoms with van der Waals surface area (Å²) >= 11 is 5.52. The van der Waals surface area contributed by atoms with Crippen LogP contribution in [-0.4, -0.2) is 46.5 Å². The van der Waals surface area contributed by atoms with Crippen LogP contribution in [0.2, 0.25) is 0 Å². The maximum absolute atomic E-state index is 12.1. The molecule has 2 unspecified atom stereocenters. The maximum Gasteiger partial charge on any atom is 0.280 e. The lowest BCUT2D eigenvalue weighted by atomic mass is 9.94. The van der Waals surface area contributed by atoms with Gasteiger partial charge >= 0.3 is 0 Å². The van der Waals surface area contributed by atoms with Crippen molar-refractivity contribution in [3.63, 3.8) is 0 Å². The molecule has 1 amide bonds. The van der Waals surface area contributed by atoms with E-state index in [-0.39, 0.29) is 38.7 Å². The fourth-order valence-electron chi connectivity index (χ4n) is 4.04. The zero-order valence-electron chi connectivity index (χ0n) is 24.2. The van der Waals surface area contributed by atoms with Gasteiger partial charge < -0.3 is 11.5 Å². The minimum Gasteiger partial charge on any atom is -0.370 e. The molecule has 4 N–H and O–H groups in total. The third kappa shape index (κ3) is 9.37. The summed E-state index contributed by atoms with van der Waals surface area (Å²) in [5.41, 5.74) is 13.6. The van der Waals surface area contributed by atoms with Gasteiger partial charge in [0, 0.05) is 23.6 Å². The highest BCUT2D eigenvalue weighted by Crippen LogP contribution is 2.30. The zero-order chi connectivity index (χ0) is 31.9. The molecule has 2 aromatic carbocycles. The highest BCUT2D eigenvalue weighted by atomic mass is 35.5. The van der Waals surface area contributed by atoms with E-state index < -0.39 is 30.8 Å². The van der Waals surface area contributed by atoms with Crippen LogP contribution in [0.1, 0.15) is 82.5 Å². The Morgan fingerprint density at radius 1 is 0.829 bits per heavy atom. The number of halogens is 1. The Labute approximate surface area is 248 Å². The average molecular weight is 624 g/mol. The van der Waals surface area contributed by atoms with Crippen LogP contribution in [0.25, 0.3) is 0 Å². The minimum absolute atomic E-state index is 0.0891. The van der Waals surface area contributed by atoms with Crippen LogP contribution in [-0.2, 0) is 32.5 Å². The van der Waals surface area contributed by atoms with Gasteiger partial charge in [0.1, 0.15) is 0 Å². The van der Waals surface area contributed by atoms with Crippen molar-refractivity contribution in [2.45, 2.75) is 62.2 Å². The molecule has 0 fully saturated rings. The van der Waals surface area contributed by atoms with E-state index in [1.807, 2.05) is 27.7 Å². The second-order valence-corrected chi connectivity index (χ2v) is 13.8. The number of allylic oxidation sites excluding steroid dienone is 2. The van der Waals surface area contributed by atoms with Crippen molar-refractivity contribution in [2.75, 3.05) is 12.5 Å². The van der Waals surface area contributed by atoms with Crippen LogP contribution in [0.5, 0.6) is 0 Å². The van der Waals surface area contributed by atoms with Crippen LogP contribution >= 0.6 is 11.6 Å². The molecular formula is C29H38ClN3O6S2. The van der Waals surface area contributed by atoms with E-state index in [0.717, 1.165) is 18.1 Å². The summed E-state index contributed by atoms with van der Waals surface area (Å²) in [6, 6.07) is 6.16. The highest BCUT2D eigenvalue weighted by Gasteiger charge is 2.23. The van der Waals surface area contributed by atoms with Crippen LogP contribution in [0.15, 0.2) is 64.4 Å². The fraction of sp³-hybridized carbons (Fsp3) is 0.345. The van der Waals surface area contributed by atoms with E-state index in [1.165, 1.54) is 12.1 Å². The van der Waals surface area contributed by atoms with Crippen molar-refractivity contribution in [3.8, 4) is 0 Å². The third-order valence-electron chi connectivity index (χ3n) is 6.39. The van der Waals surface area contributed by atoms with Crippen LogP contribution in [0, 0.1) is 0 Å². The van der Waals surface area contributed by atoms with Gasteiger partial charge in [0.15, 0.2) is 25.6 Å². The van der Waals surface area contributed by atoms with Gasteiger partial charge in [-0.15, -0.1) is 13.2 Å². The van der Waals surface area contributed by atoms with Crippen molar-refractivity contribution in [1.29, 1.82) is 0 Å². The molecule has 2 atom stereocenters. The van der Waals surface area contributed by atoms with E-state index in [1.54, 1.807) is 24.3 Å². The number of benzene rings is 2. The number of sulfone groups is 2. The Kier molecular flexibility index (Phi) is 12.7. The molecule has 0 saturated heterocycles. The van der Waals surface area contributed by atoms with Crippen molar-refractivity contribution in [1.82, 2.24) is 0 Å². The van der Waals surface area contributed by atoms with Gasteiger partial charge in [0.2, 0.25) is 0 Å². The molecule has 0 aliphatic carbocycles. The molecular weight excluding hydrogens is 586 g/mol. The largest absolute Gasteiger partial charge is 0.370 e. The van der Waals surface area contributed by atoms with E-state index >= 15 is 0 Å². The van der Waals surface area contributed by atoms with Crippen molar-refractivity contribution < 1.29 is 26.4 Å². The highest BCUT2D eigenvalue weighted by molar-refractivity contribution is 7.91. The number of carbonyl (C=O) groups excluding carboxylic acids is 2. The minimum atomic E-state index is -3.51. The van der Waals surface area contributed by atoms with Gasteiger partial charge in [-0.25, -0.2) is 16.8 Å². The van der Waals surface area contributed by atoms with E-state index in [9.17, 15) is 26.4 Å². The number of hydrogen-bond acceptors (Lipinski definition) is 6. The summed E-state index contributed by atoms with van der Waals surface area (Å²) < 4.78 is 47.8. The zero-order valence-corrected chi connectivity index (χ0v) is 26.6. The Bertz CT molecular complexity index is 1590. The first-order chi connectivity index (χ1) is 18.8. The van der Waals surface area contributed by atoms with Gasteiger partial charge in [-0.2, -0.15) is 4.99 Å². The number of carbonyl (C=O) groups is 2. The number of amides is 1. The quantitative estimate of drug-likeness (QED) is 0.166. The van der Waals surface area contributed by atoms with E-state index in [0.29, 0.717) is 29.5 Å². The number of aliphatic imine (C=N–C) groups is 1. The lowest BCUT2D eigenvalue weighted by Crippen LogP contribution is -2.24. The Hall–Kier alpha value is -3.28. The van der Waals surface area contributed by atoms with E-state index in [4.69, 9.17) is 23.1 Å². The molecule has 224 valence electrons. The molecule has 9 nitrogen and oxygen atoms in total. The topological polar surface area (TPSA) is 167 Å². The Balaban J connectivity index is 0.000000414. The fourth-order valence-corrected chi connectivity index (χ4v) is 6.23. The second kappa shape index (κ2) is 14.6. The number of nitrogens with two attached hydrogens (primary N) is 2. The first-order valence-corrected chi connectivity index (χ1v) is 16.8. The maximum atomic E-state index is 12.1. The van der Waals surface area contributed by atoms with Crippen molar-refractivity contribution in [3.05, 3.63) is 83.0 Å². The molecule has 0 aliphatic rings. The summed E-state index contributed by atoms with van der Waals surface area (Å²) in [5, 5.41) is -0.639. The third-order valence-corrected chi connectivity index (χ3v) is 8.90. The molecule has 12 heteroatoms. The number of rotatable bonds is 10. The van der Waals surface area contributed by atoms with Gasteiger partial charge in [-0.3, -0.25) is 9.59 Å².